The highest BCUT2D eigenvalue weighted by atomic mass is 16.6. The molecule has 128 valence electrons. The van der Waals surface area contributed by atoms with Gasteiger partial charge in [-0.3, -0.25) is 15.1 Å². The van der Waals surface area contributed by atoms with E-state index in [1.807, 2.05) is 20.8 Å². The topological polar surface area (TPSA) is 84.0 Å². The number of amides is 1. The molecule has 7 nitrogen and oxygen atoms in total. The Labute approximate surface area is 141 Å². The molecule has 0 aromatic carbocycles. The average Bonchev–Trinajstić information content (AvgIpc) is 3.08. The zero-order chi connectivity index (χ0) is 17.2. The Morgan fingerprint density at radius 3 is 2.75 bits per heavy atom. The van der Waals surface area contributed by atoms with E-state index in [1.54, 1.807) is 29.7 Å². The van der Waals surface area contributed by atoms with Gasteiger partial charge in [0.25, 0.3) is 0 Å². The summed E-state index contributed by atoms with van der Waals surface area (Å²) in [6.45, 7) is 6.99. The summed E-state index contributed by atoms with van der Waals surface area (Å²) < 4.78 is 5.47. The Hall–Kier alpha value is -2.44. The molecule has 1 amide bonds. The third-order valence-corrected chi connectivity index (χ3v) is 3.96. The van der Waals surface area contributed by atoms with Crippen molar-refractivity contribution in [3.63, 3.8) is 0 Å². The second-order valence-corrected chi connectivity index (χ2v) is 7.08. The van der Waals surface area contributed by atoms with Crippen LogP contribution in [0, 0.1) is 0 Å². The molecule has 0 unspecified atom stereocenters. The number of aromatic nitrogens is 4. The van der Waals surface area contributed by atoms with Crippen molar-refractivity contribution >= 4 is 6.09 Å². The number of carbonyl (C=O) groups excluding carboxylic acids is 1. The standard InChI is InChI=1S/C17H23N5O2/c1-17(2,3)24-16(23)22-6-4-5-12(11-22)14-9-19-15(10-18-14)13-7-20-21-8-13/h7-10,12H,4-6,11H2,1-3H3,(H,20,21)/t12-/m0/s1. The summed E-state index contributed by atoms with van der Waals surface area (Å²) in [5.41, 5.74) is 2.13. The van der Waals surface area contributed by atoms with Crippen LogP contribution < -0.4 is 0 Å². The first-order valence-electron chi connectivity index (χ1n) is 8.21. The van der Waals surface area contributed by atoms with E-state index in [1.165, 1.54) is 0 Å². The molecule has 3 heterocycles. The third-order valence-electron chi connectivity index (χ3n) is 3.96. The van der Waals surface area contributed by atoms with Crippen LogP contribution in [0.4, 0.5) is 4.79 Å². The van der Waals surface area contributed by atoms with Crippen molar-refractivity contribution in [2.75, 3.05) is 13.1 Å². The molecular weight excluding hydrogens is 306 g/mol. The molecule has 0 spiro atoms. The van der Waals surface area contributed by atoms with Gasteiger partial charge in [-0.25, -0.2) is 4.79 Å². The monoisotopic (exact) mass is 329 g/mol. The highest BCUT2D eigenvalue weighted by Crippen LogP contribution is 2.27. The predicted molar refractivity (Wildman–Crippen MR) is 89.4 cm³/mol. The van der Waals surface area contributed by atoms with Crippen LogP contribution in [0.1, 0.15) is 45.2 Å². The van der Waals surface area contributed by atoms with E-state index in [4.69, 9.17) is 4.74 Å². The first kappa shape index (κ1) is 16.4. The Morgan fingerprint density at radius 2 is 2.12 bits per heavy atom. The van der Waals surface area contributed by atoms with Crippen molar-refractivity contribution in [3.8, 4) is 11.3 Å². The molecule has 0 radical (unpaired) electrons. The third kappa shape index (κ3) is 3.90. The Balaban J connectivity index is 1.67. The summed E-state index contributed by atoms with van der Waals surface area (Å²) in [6.07, 6.45) is 8.74. The molecule has 0 saturated carbocycles. The highest BCUT2D eigenvalue weighted by molar-refractivity contribution is 5.68. The van der Waals surface area contributed by atoms with Gasteiger partial charge in [0.15, 0.2) is 0 Å². The Bertz CT molecular complexity index is 676. The van der Waals surface area contributed by atoms with E-state index in [2.05, 4.69) is 20.2 Å². The van der Waals surface area contributed by atoms with Crippen LogP contribution in [0.25, 0.3) is 11.3 Å². The molecule has 1 atom stereocenters. The summed E-state index contributed by atoms with van der Waals surface area (Å²) in [4.78, 5) is 23.0. The molecule has 1 fully saturated rings. The van der Waals surface area contributed by atoms with E-state index in [0.29, 0.717) is 6.54 Å². The quantitative estimate of drug-likeness (QED) is 0.915. The minimum Gasteiger partial charge on any atom is -0.444 e. The number of likely N-dealkylation sites (tertiary alicyclic amines) is 1. The van der Waals surface area contributed by atoms with Crippen molar-refractivity contribution in [2.24, 2.45) is 0 Å². The minimum atomic E-state index is -0.476. The normalized spacial score (nSPS) is 18.5. The second-order valence-electron chi connectivity index (χ2n) is 7.08. The van der Waals surface area contributed by atoms with Crippen LogP contribution in [0.2, 0.25) is 0 Å². The number of aromatic amines is 1. The second kappa shape index (κ2) is 6.59. The largest absolute Gasteiger partial charge is 0.444 e. The molecule has 2 aromatic rings. The van der Waals surface area contributed by atoms with Gasteiger partial charge in [0.2, 0.25) is 0 Å². The Kier molecular flexibility index (Phi) is 4.51. The number of hydrogen-bond acceptors (Lipinski definition) is 5. The van der Waals surface area contributed by atoms with Crippen LogP contribution in [-0.2, 0) is 4.74 Å². The molecule has 1 saturated heterocycles. The van der Waals surface area contributed by atoms with E-state index in [9.17, 15) is 4.79 Å². The van der Waals surface area contributed by atoms with Crippen molar-refractivity contribution < 1.29 is 9.53 Å². The van der Waals surface area contributed by atoms with E-state index >= 15 is 0 Å². The molecular formula is C17H23N5O2. The van der Waals surface area contributed by atoms with Gasteiger partial charge in [-0.15, -0.1) is 0 Å². The number of piperidine rings is 1. The maximum Gasteiger partial charge on any atom is 0.410 e. The number of nitrogens with zero attached hydrogens (tertiary/aromatic N) is 4. The van der Waals surface area contributed by atoms with E-state index in [-0.39, 0.29) is 12.0 Å². The van der Waals surface area contributed by atoms with Gasteiger partial charge in [0.05, 0.1) is 23.8 Å². The van der Waals surface area contributed by atoms with E-state index < -0.39 is 5.60 Å². The summed E-state index contributed by atoms with van der Waals surface area (Å²) in [5.74, 6) is 0.192. The van der Waals surface area contributed by atoms with Gasteiger partial charge in [-0.1, -0.05) is 0 Å². The number of carbonyl (C=O) groups is 1. The highest BCUT2D eigenvalue weighted by Gasteiger charge is 2.29. The van der Waals surface area contributed by atoms with Gasteiger partial charge in [-0.2, -0.15) is 5.10 Å². The first-order chi connectivity index (χ1) is 11.4. The van der Waals surface area contributed by atoms with Crippen molar-refractivity contribution in [2.45, 2.75) is 45.1 Å². The fourth-order valence-electron chi connectivity index (χ4n) is 2.80. The number of ether oxygens (including phenoxy) is 1. The molecule has 24 heavy (non-hydrogen) atoms. The van der Waals surface area contributed by atoms with Crippen LogP contribution in [-0.4, -0.2) is 49.8 Å². The van der Waals surface area contributed by atoms with Crippen molar-refractivity contribution in [1.29, 1.82) is 0 Å². The SMILES string of the molecule is CC(C)(C)OC(=O)N1CCC[C@H](c2cnc(-c3cn[nH]c3)cn2)C1. The molecule has 0 bridgehead atoms. The molecule has 2 aromatic heterocycles. The van der Waals surface area contributed by atoms with Crippen LogP contribution in [0.15, 0.2) is 24.8 Å². The molecule has 1 aliphatic heterocycles. The lowest BCUT2D eigenvalue weighted by Crippen LogP contribution is -2.42. The van der Waals surface area contributed by atoms with Crippen LogP contribution >= 0.6 is 0 Å². The van der Waals surface area contributed by atoms with Gasteiger partial charge in [0.1, 0.15) is 5.60 Å². The van der Waals surface area contributed by atoms with Crippen LogP contribution in [0.3, 0.4) is 0 Å². The number of H-pyrrole nitrogens is 1. The first-order valence-corrected chi connectivity index (χ1v) is 8.21. The molecule has 1 N–H and O–H groups in total. The summed E-state index contributed by atoms with van der Waals surface area (Å²) in [5, 5.41) is 6.69. The van der Waals surface area contributed by atoms with Crippen LogP contribution in [0.5, 0.6) is 0 Å². The number of hydrogen-bond donors (Lipinski definition) is 1. The zero-order valence-corrected chi connectivity index (χ0v) is 14.3. The molecule has 3 rings (SSSR count). The lowest BCUT2D eigenvalue weighted by atomic mass is 9.95. The predicted octanol–water partition coefficient (Wildman–Crippen LogP) is 2.98. The number of nitrogens with one attached hydrogen (secondary N) is 1. The smallest absolute Gasteiger partial charge is 0.410 e. The van der Waals surface area contributed by atoms with Gasteiger partial charge in [0, 0.05) is 37.0 Å². The van der Waals surface area contributed by atoms with Crippen molar-refractivity contribution in [3.05, 3.63) is 30.5 Å². The van der Waals surface area contributed by atoms with Gasteiger partial charge in [-0.05, 0) is 33.6 Å². The van der Waals surface area contributed by atoms with Gasteiger partial charge < -0.3 is 9.64 Å². The average molecular weight is 329 g/mol. The molecule has 1 aliphatic rings. The fraction of sp³-hybridized carbons (Fsp3) is 0.529. The fourth-order valence-corrected chi connectivity index (χ4v) is 2.80. The lowest BCUT2D eigenvalue weighted by molar-refractivity contribution is 0.0197. The minimum absolute atomic E-state index is 0.192. The maximum atomic E-state index is 12.3. The summed E-state index contributed by atoms with van der Waals surface area (Å²) in [7, 11) is 0. The summed E-state index contributed by atoms with van der Waals surface area (Å²) >= 11 is 0. The van der Waals surface area contributed by atoms with Crippen molar-refractivity contribution in [1.82, 2.24) is 25.1 Å². The van der Waals surface area contributed by atoms with E-state index in [0.717, 1.165) is 36.3 Å². The number of rotatable bonds is 2. The van der Waals surface area contributed by atoms with Gasteiger partial charge >= 0.3 is 6.09 Å². The lowest BCUT2D eigenvalue weighted by Gasteiger charge is -2.33. The maximum absolute atomic E-state index is 12.3. The Morgan fingerprint density at radius 1 is 1.29 bits per heavy atom. The summed E-state index contributed by atoms with van der Waals surface area (Å²) in [6, 6.07) is 0. The molecule has 7 heteroatoms. The zero-order valence-electron chi connectivity index (χ0n) is 14.3. The molecule has 0 aliphatic carbocycles.